The Morgan fingerprint density at radius 1 is 0.583 bits per heavy atom. The normalized spacial score (nSPS) is 11.1. The Hall–Kier alpha value is -5.35. The van der Waals surface area contributed by atoms with E-state index in [9.17, 15) is 0 Å². The third-order valence-corrected chi connectivity index (χ3v) is 8.66. The first-order valence-corrected chi connectivity index (χ1v) is 15.6. The van der Waals surface area contributed by atoms with E-state index in [4.69, 9.17) is 8.83 Å². The summed E-state index contributed by atoms with van der Waals surface area (Å²) in [4.78, 5) is 9.01. The monoisotopic (exact) mass is 799 g/mol. The molecule has 0 aliphatic carbocycles. The second-order valence-electron chi connectivity index (χ2n) is 11.8. The largest absolute Gasteiger partial charge is 0.456 e. The molecule has 0 unspecified atom stereocenters. The van der Waals surface area contributed by atoms with Crippen molar-refractivity contribution in [3.8, 4) is 33.6 Å². The van der Waals surface area contributed by atoms with Crippen LogP contribution in [0.3, 0.4) is 0 Å². The maximum atomic E-state index is 6.44. The van der Waals surface area contributed by atoms with Crippen LogP contribution in [0.5, 0.6) is 0 Å². The van der Waals surface area contributed by atoms with Crippen LogP contribution >= 0.6 is 0 Å². The first-order valence-electron chi connectivity index (χ1n) is 15.6. The van der Waals surface area contributed by atoms with Crippen LogP contribution in [-0.2, 0) is 20.1 Å². The topological polar surface area (TPSA) is 52.1 Å². The second kappa shape index (κ2) is 13.0. The summed E-state index contributed by atoms with van der Waals surface area (Å²) in [6, 6.07) is 45.2. The number of hydrogen-bond donors (Lipinski definition) is 0. The van der Waals surface area contributed by atoms with Gasteiger partial charge in [0.05, 0.1) is 0 Å². The molecule has 5 aromatic carbocycles. The maximum Gasteiger partial charge on any atom is 0.144 e. The van der Waals surface area contributed by atoms with E-state index >= 15 is 0 Å². The summed E-state index contributed by atoms with van der Waals surface area (Å²) < 4.78 is 12.7. The fraction of sp³-hybridized carbons (Fsp3) is 0.0698. The minimum Gasteiger partial charge on any atom is -0.456 e. The number of furan rings is 2. The van der Waals surface area contributed by atoms with E-state index in [2.05, 4.69) is 85.3 Å². The van der Waals surface area contributed by atoms with Crippen LogP contribution in [0.1, 0.15) is 16.7 Å². The van der Waals surface area contributed by atoms with Gasteiger partial charge in [0.25, 0.3) is 0 Å². The molecule has 0 bridgehead atoms. The molecule has 0 aliphatic heterocycles. The van der Waals surface area contributed by atoms with E-state index in [1.54, 1.807) is 0 Å². The van der Waals surface area contributed by atoms with Crippen molar-refractivity contribution >= 4 is 43.9 Å². The van der Waals surface area contributed by atoms with Crippen LogP contribution in [0.4, 0.5) is 0 Å². The number of aromatic nitrogens is 2. The van der Waals surface area contributed by atoms with Gasteiger partial charge < -0.3 is 18.8 Å². The zero-order valence-electron chi connectivity index (χ0n) is 26.7. The van der Waals surface area contributed by atoms with Crippen molar-refractivity contribution < 1.29 is 28.9 Å². The van der Waals surface area contributed by atoms with Crippen LogP contribution in [0.25, 0.3) is 77.5 Å². The number of benzene rings is 5. The molecular weight excluding hydrogens is 769 g/mol. The van der Waals surface area contributed by atoms with Crippen molar-refractivity contribution in [2.45, 2.75) is 20.8 Å². The van der Waals surface area contributed by atoms with E-state index in [0.717, 1.165) is 77.5 Å². The van der Waals surface area contributed by atoms with Crippen LogP contribution in [-0.4, -0.2) is 9.97 Å². The molecule has 0 saturated heterocycles. The molecule has 0 fully saturated rings. The summed E-state index contributed by atoms with van der Waals surface area (Å²) in [6.07, 6.45) is 3.76. The first kappa shape index (κ1) is 31.3. The van der Waals surface area contributed by atoms with Gasteiger partial charge in [-0.2, -0.15) is 0 Å². The fourth-order valence-electron chi connectivity index (χ4n) is 6.06. The molecule has 0 N–H and O–H groups in total. The Balaban J connectivity index is 0.000000193. The summed E-state index contributed by atoms with van der Waals surface area (Å²) in [5.41, 5.74) is 13.1. The summed E-state index contributed by atoms with van der Waals surface area (Å²) in [6.45, 7) is 6.24. The number of hydrogen-bond acceptors (Lipinski definition) is 4. The standard InChI is InChI=1S/C29H16NO2.C14H14N.Ir/c1-2-8-18(9-3-1)23-16-19(14-15-30-23)27-28-21-11-5-7-13-25(21)31-26(28)17-22-20-10-4-6-12-24(20)32-29(22)27;1-10-4-6-13(7-5-10)14-8-11(2)12(3)9-15-14;/h1-8,10-17H;4-6,8-9H,1-3H3;/q2*-1;. The molecule has 4 nitrogen and oxygen atoms in total. The van der Waals surface area contributed by atoms with Gasteiger partial charge in [0.1, 0.15) is 22.3 Å². The Morgan fingerprint density at radius 3 is 2.06 bits per heavy atom. The van der Waals surface area contributed by atoms with Gasteiger partial charge in [0.15, 0.2) is 0 Å². The summed E-state index contributed by atoms with van der Waals surface area (Å²) in [5, 5.41) is 4.26. The molecule has 4 heterocycles. The van der Waals surface area contributed by atoms with Gasteiger partial charge in [-0.25, -0.2) is 0 Å². The average Bonchev–Trinajstić information content (AvgIpc) is 3.67. The van der Waals surface area contributed by atoms with E-state index < -0.39 is 0 Å². The van der Waals surface area contributed by atoms with Gasteiger partial charge in [-0.1, -0.05) is 61.0 Å². The molecule has 0 aliphatic rings. The van der Waals surface area contributed by atoms with Gasteiger partial charge in [-0.05, 0) is 60.6 Å². The molecule has 0 atom stereocenters. The second-order valence-corrected chi connectivity index (χ2v) is 11.8. The van der Waals surface area contributed by atoms with Crippen molar-refractivity contribution in [2.24, 2.45) is 0 Å². The Kier molecular flexibility index (Phi) is 8.49. The SMILES string of the molecule is Cc1c[c-]c(-c2cc(C)c(C)cn2)cc1.[Ir].[c-]1ccccc1-c1cc(-c2c3oc4ccccc4c3cc3oc4ccccc4c23)ccn1. The van der Waals surface area contributed by atoms with Crippen molar-refractivity contribution in [3.63, 3.8) is 0 Å². The van der Waals surface area contributed by atoms with E-state index in [1.165, 1.54) is 16.7 Å². The Labute approximate surface area is 292 Å². The summed E-state index contributed by atoms with van der Waals surface area (Å²) in [7, 11) is 0. The number of pyridine rings is 2. The van der Waals surface area contributed by atoms with Crippen LogP contribution in [0.2, 0.25) is 0 Å². The average molecular weight is 799 g/mol. The van der Waals surface area contributed by atoms with Gasteiger partial charge in [0, 0.05) is 59.6 Å². The minimum atomic E-state index is 0. The molecule has 235 valence electrons. The number of fused-ring (bicyclic) bond motifs is 6. The fourth-order valence-corrected chi connectivity index (χ4v) is 6.06. The van der Waals surface area contributed by atoms with Crippen molar-refractivity contribution in [2.75, 3.05) is 0 Å². The van der Waals surface area contributed by atoms with Crippen molar-refractivity contribution in [1.82, 2.24) is 9.97 Å². The summed E-state index contributed by atoms with van der Waals surface area (Å²) in [5.74, 6) is 0. The molecule has 4 aromatic heterocycles. The molecule has 48 heavy (non-hydrogen) atoms. The Bertz CT molecular complexity index is 2540. The van der Waals surface area contributed by atoms with Crippen molar-refractivity contribution in [1.29, 1.82) is 0 Å². The molecular formula is C43H30IrN2O2-2. The molecule has 0 spiro atoms. The number of rotatable bonds is 3. The molecule has 0 saturated carbocycles. The van der Waals surface area contributed by atoms with E-state index in [1.807, 2.05) is 85.2 Å². The zero-order chi connectivity index (χ0) is 31.9. The smallest absolute Gasteiger partial charge is 0.144 e. The predicted molar refractivity (Wildman–Crippen MR) is 191 cm³/mol. The number of para-hydroxylation sites is 2. The van der Waals surface area contributed by atoms with Crippen LogP contribution in [0, 0.1) is 32.9 Å². The third kappa shape index (κ3) is 5.73. The number of nitrogens with zero attached hydrogens (tertiary/aromatic N) is 2. The minimum absolute atomic E-state index is 0. The van der Waals surface area contributed by atoms with Crippen LogP contribution < -0.4 is 0 Å². The van der Waals surface area contributed by atoms with E-state index in [0.29, 0.717) is 0 Å². The third-order valence-electron chi connectivity index (χ3n) is 8.66. The quantitative estimate of drug-likeness (QED) is 0.167. The number of aryl methyl sites for hydroxylation is 3. The summed E-state index contributed by atoms with van der Waals surface area (Å²) >= 11 is 0. The zero-order valence-corrected chi connectivity index (χ0v) is 29.1. The van der Waals surface area contributed by atoms with Crippen molar-refractivity contribution in [3.05, 3.63) is 156 Å². The van der Waals surface area contributed by atoms with Gasteiger partial charge in [0.2, 0.25) is 0 Å². The molecule has 5 heteroatoms. The van der Waals surface area contributed by atoms with Crippen LogP contribution in [0.15, 0.2) is 136 Å². The van der Waals surface area contributed by atoms with Gasteiger partial charge >= 0.3 is 0 Å². The molecule has 9 rings (SSSR count). The molecule has 9 aromatic rings. The van der Waals surface area contributed by atoms with E-state index in [-0.39, 0.29) is 20.1 Å². The van der Waals surface area contributed by atoms with Gasteiger partial charge in [-0.15, -0.1) is 71.3 Å². The van der Waals surface area contributed by atoms with Gasteiger partial charge in [-0.3, -0.25) is 0 Å². The maximum absolute atomic E-state index is 6.44. The molecule has 1 radical (unpaired) electrons. The Morgan fingerprint density at radius 2 is 1.31 bits per heavy atom. The molecule has 0 amide bonds. The first-order chi connectivity index (χ1) is 23.0. The predicted octanol–water partition coefficient (Wildman–Crippen LogP) is 11.5.